The second kappa shape index (κ2) is 9.26. The Kier molecular flexibility index (Phi) is 7.34. The van der Waals surface area contributed by atoms with Gasteiger partial charge in [-0.05, 0) is 61.5 Å². The molecule has 3 heteroatoms. The van der Waals surface area contributed by atoms with E-state index < -0.39 is 0 Å². The van der Waals surface area contributed by atoms with Crippen LogP contribution in [0.1, 0.15) is 44.2 Å². The highest BCUT2D eigenvalue weighted by atomic mass is 35.5. The highest BCUT2D eigenvalue weighted by molar-refractivity contribution is 5.85. The minimum Gasteiger partial charge on any atom is -0.494 e. The first kappa shape index (κ1) is 19.8. The van der Waals surface area contributed by atoms with E-state index in [9.17, 15) is 0 Å². The predicted octanol–water partition coefficient (Wildman–Crippen LogP) is 5.20. The van der Waals surface area contributed by atoms with Gasteiger partial charge in [-0.25, -0.2) is 0 Å². The van der Waals surface area contributed by atoms with Crippen molar-refractivity contribution in [2.45, 2.75) is 38.5 Å². The Balaban J connectivity index is 0.00000225. The molecule has 0 aliphatic carbocycles. The molecule has 1 heterocycles. The summed E-state index contributed by atoms with van der Waals surface area (Å²) < 4.78 is 5.95. The van der Waals surface area contributed by atoms with Crippen molar-refractivity contribution in [3.63, 3.8) is 0 Å². The predicted molar refractivity (Wildman–Crippen MR) is 108 cm³/mol. The molecule has 0 bridgehead atoms. The molecule has 3 rings (SSSR count). The molecule has 1 saturated heterocycles. The van der Waals surface area contributed by atoms with E-state index in [-0.39, 0.29) is 17.8 Å². The van der Waals surface area contributed by atoms with Crippen LogP contribution in [-0.4, -0.2) is 19.7 Å². The average Bonchev–Trinajstić information content (AvgIpc) is 2.64. The second-order valence-corrected chi connectivity index (χ2v) is 7.36. The van der Waals surface area contributed by atoms with Crippen LogP contribution in [0.3, 0.4) is 0 Å². The lowest BCUT2D eigenvalue weighted by Crippen LogP contribution is -2.30. The second-order valence-electron chi connectivity index (χ2n) is 7.36. The molecule has 0 amide bonds. The maximum Gasteiger partial charge on any atom is 0.119 e. The van der Waals surface area contributed by atoms with E-state index in [4.69, 9.17) is 4.74 Å². The lowest BCUT2D eigenvalue weighted by atomic mass is 9.78. The van der Waals surface area contributed by atoms with Crippen molar-refractivity contribution in [1.29, 1.82) is 0 Å². The topological polar surface area (TPSA) is 21.3 Å². The highest BCUT2D eigenvalue weighted by Crippen LogP contribution is 2.32. The van der Waals surface area contributed by atoms with Crippen molar-refractivity contribution in [2.75, 3.05) is 19.7 Å². The van der Waals surface area contributed by atoms with Gasteiger partial charge in [0.1, 0.15) is 5.75 Å². The van der Waals surface area contributed by atoms with Gasteiger partial charge in [-0.3, -0.25) is 0 Å². The fourth-order valence-corrected chi connectivity index (χ4v) is 3.50. The molecule has 2 nitrogen and oxygen atoms in total. The Hall–Kier alpha value is -1.51. The Morgan fingerprint density at radius 2 is 1.68 bits per heavy atom. The summed E-state index contributed by atoms with van der Waals surface area (Å²) in [6.07, 6.45) is 3.78. The molecule has 1 aliphatic heterocycles. The first-order valence-electron chi connectivity index (χ1n) is 9.16. The molecule has 0 radical (unpaired) electrons. The first-order chi connectivity index (χ1) is 11.7. The van der Waals surface area contributed by atoms with Gasteiger partial charge in [-0.1, -0.05) is 56.3 Å². The van der Waals surface area contributed by atoms with E-state index in [1.54, 1.807) is 0 Å². The van der Waals surface area contributed by atoms with Crippen LogP contribution in [0, 0.1) is 5.92 Å². The van der Waals surface area contributed by atoms with E-state index >= 15 is 0 Å². The van der Waals surface area contributed by atoms with Crippen molar-refractivity contribution in [2.24, 2.45) is 5.92 Å². The maximum atomic E-state index is 5.95. The summed E-state index contributed by atoms with van der Waals surface area (Å²) in [5.74, 6) is 1.75. The maximum absolute atomic E-state index is 5.95. The molecule has 136 valence electrons. The summed E-state index contributed by atoms with van der Waals surface area (Å²) in [6, 6.07) is 19.3. The standard InChI is InChI=1S/C22H29NO.ClH/c1-22(2,19-8-4-3-5-9-19)20-10-12-21(13-11-20)24-16-14-18-7-6-15-23-17-18;/h3-5,8-13,18,23H,6-7,14-17H2,1-2H3;1H. The molecule has 25 heavy (non-hydrogen) atoms. The molecular formula is C22H30ClNO. The molecular weight excluding hydrogens is 330 g/mol. The minimum atomic E-state index is 0. The van der Waals surface area contributed by atoms with Crippen LogP contribution in [0.5, 0.6) is 5.75 Å². The molecule has 2 aromatic carbocycles. The quantitative estimate of drug-likeness (QED) is 0.765. The lowest BCUT2D eigenvalue weighted by Gasteiger charge is -2.26. The number of piperidine rings is 1. The van der Waals surface area contributed by atoms with Gasteiger partial charge < -0.3 is 10.1 Å². The van der Waals surface area contributed by atoms with E-state index in [1.165, 1.54) is 30.5 Å². The third-order valence-electron chi connectivity index (χ3n) is 5.27. The van der Waals surface area contributed by atoms with Gasteiger partial charge in [0.05, 0.1) is 6.61 Å². The van der Waals surface area contributed by atoms with E-state index in [0.717, 1.165) is 31.2 Å². The lowest BCUT2D eigenvalue weighted by molar-refractivity contribution is 0.254. The third-order valence-corrected chi connectivity index (χ3v) is 5.27. The monoisotopic (exact) mass is 359 g/mol. The van der Waals surface area contributed by atoms with Gasteiger partial charge >= 0.3 is 0 Å². The van der Waals surface area contributed by atoms with Gasteiger partial charge in [0, 0.05) is 5.41 Å². The largest absolute Gasteiger partial charge is 0.494 e. The van der Waals surface area contributed by atoms with Gasteiger partial charge in [0.2, 0.25) is 0 Å². The molecule has 0 aromatic heterocycles. The summed E-state index contributed by atoms with van der Waals surface area (Å²) in [7, 11) is 0. The molecule has 0 spiro atoms. The van der Waals surface area contributed by atoms with Crippen LogP contribution in [0.15, 0.2) is 54.6 Å². The zero-order valence-corrected chi connectivity index (χ0v) is 16.1. The summed E-state index contributed by atoms with van der Waals surface area (Å²) in [5.41, 5.74) is 2.66. The summed E-state index contributed by atoms with van der Waals surface area (Å²) in [6.45, 7) is 7.68. The fourth-order valence-electron chi connectivity index (χ4n) is 3.50. The van der Waals surface area contributed by atoms with Crippen LogP contribution in [0.25, 0.3) is 0 Å². The van der Waals surface area contributed by atoms with Crippen molar-refractivity contribution in [3.05, 3.63) is 65.7 Å². The van der Waals surface area contributed by atoms with Crippen molar-refractivity contribution in [3.8, 4) is 5.75 Å². The van der Waals surface area contributed by atoms with Crippen LogP contribution in [-0.2, 0) is 5.41 Å². The van der Waals surface area contributed by atoms with E-state index in [1.807, 2.05) is 0 Å². The van der Waals surface area contributed by atoms with Crippen molar-refractivity contribution < 1.29 is 4.74 Å². The Bertz CT molecular complexity index is 618. The number of nitrogens with one attached hydrogen (secondary N) is 1. The Morgan fingerprint density at radius 1 is 1.00 bits per heavy atom. The van der Waals surface area contributed by atoms with Gasteiger partial charge in [-0.15, -0.1) is 12.4 Å². The number of ether oxygens (including phenoxy) is 1. The minimum absolute atomic E-state index is 0. The van der Waals surface area contributed by atoms with Gasteiger partial charge in [0.25, 0.3) is 0 Å². The van der Waals surface area contributed by atoms with Crippen LogP contribution in [0.4, 0.5) is 0 Å². The number of benzene rings is 2. The number of hydrogen-bond donors (Lipinski definition) is 1. The summed E-state index contributed by atoms with van der Waals surface area (Å²) in [5, 5.41) is 3.47. The molecule has 1 aliphatic rings. The molecule has 1 fully saturated rings. The smallest absolute Gasteiger partial charge is 0.119 e. The SMILES string of the molecule is CC(C)(c1ccccc1)c1ccc(OCCC2CCCNC2)cc1.Cl. The van der Waals surface area contributed by atoms with Crippen LogP contribution >= 0.6 is 12.4 Å². The van der Waals surface area contributed by atoms with Crippen molar-refractivity contribution in [1.82, 2.24) is 5.32 Å². The summed E-state index contributed by atoms with van der Waals surface area (Å²) in [4.78, 5) is 0. The van der Waals surface area contributed by atoms with Crippen LogP contribution < -0.4 is 10.1 Å². The first-order valence-corrected chi connectivity index (χ1v) is 9.16. The number of halogens is 1. The fraction of sp³-hybridized carbons (Fsp3) is 0.455. The van der Waals surface area contributed by atoms with Crippen LogP contribution in [0.2, 0.25) is 0 Å². The summed E-state index contributed by atoms with van der Waals surface area (Å²) >= 11 is 0. The van der Waals surface area contributed by atoms with E-state index in [2.05, 4.69) is 73.8 Å². The molecule has 0 saturated carbocycles. The van der Waals surface area contributed by atoms with Gasteiger partial charge in [0.15, 0.2) is 0 Å². The number of rotatable bonds is 6. The molecule has 1 N–H and O–H groups in total. The number of hydrogen-bond acceptors (Lipinski definition) is 2. The zero-order valence-electron chi connectivity index (χ0n) is 15.3. The molecule has 1 unspecified atom stereocenters. The average molecular weight is 360 g/mol. The molecule has 1 atom stereocenters. The zero-order chi connectivity index (χ0) is 16.8. The Labute approximate surface area is 158 Å². The highest BCUT2D eigenvalue weighted by Gasteiger charge is 2.22. The Morgan fingerprint density at radius 3 is 2.32 bits per heavy atom. The van der Waals surface area contributed by atoms with Gasteiger partial charge in [-0.2, -0.15) is 0 Å². The van der Waals surface area contributed by atoms with E-state index in [0.29, 0.717) is 0 Å². The van der Waals surface area contributed by atoms with Crippen molar-refractivity contribution >= 4 is 12.4 Å². The normalized spacial score (nSPS) is 17.6. The molecule has 2 aromatic rings. The third kappa shape index (κ3) is 5.23.